The molecule has 0 spiro atoms. The first kappa shape index (κ1) is 16.3. The molecule has 3 rings (SSSR count). The van der Waals surface area contributed by atoms with E-state index in [0.29, 0.717) is 12.2 Å². The van der Waals surface area contributed by atoms with E-state index in [1.165, 1.54) is 36.0 Å². The molecule has 0 amide bonds. The average Bonchev–Trinajstić information content (AvgIpc) is 2.59. The molecular formula is C21H28O2. The molecule has 1 unspecified atom stereocenters. The van der Waals surface area contributed by atoms with Gasteiger partial charge in [0.1, 0.15) is 5.75 Å². The molecule has 0 saturated carbocycles. The summed E-state index contributed by atoms with van der Waals surface area (Å²) in [5.41, 5.74) is 5.59. The highest BCUT2D eigenvalue weighted by atomic mass is 16.5. The number of carbonyl (C=O) groups excluding carboxylic acids is 1. The van der Waals surface area contributed by atoms with Crippen molar-refractivity contribution in [2.24, 2.45) is 0 Å². The Hall–Kier alpha value is -1.57. The fourth-order valence-corrected chi connectivity index (χ4v) is 4.70. The fourth-order valence-electron chi connectivity index (χ4n) is 4.70. The van der Waals surface area contributed by atoms with Gasteiger partial charge in [-0.3, -0.25) is 4.79 Å². The molecule has 124 valence electrons. The highest BCUT2D eigenvalue weighted by molar-refractivity contribution is 5.98. The standard InChI is InChI=1S/C21H28O2/c1-4-6-12-21-13-11-20(22)17(5-2)19(21)9-7-15-14-16(23-3)8-10-18(15)21/h8,10,14H,4-7,9,11-13H2,1-3H3. The summed E-state index contributed by atoms with van der Waals surface area (Å²) in [7, 11) is 1.73. The number of aryl methyl sites for hydroxylation is 1. The molecule has 2 nitrogen and oxygen atoms in total. The molecular weight excluding hydrogens is 284 g/mol. The molecule has 0 fully saturated rings. The predicted octanol–water partition coefficient (Wildman–Crippen LogP) is 5.14. The third kappa shape index (κ3) is 2.62. The quantitative estimate of drug-likeness (QED) is 0.752. The number of benzene rings is 1. The van der Waals surface area contributed by atoms with Crippen LogP contribution in [0.2, 0.25) is 0 Å². The first-order valence-corrected chi connectivity index (χ1v) is 9.09. The summed E-state index contributed by atoms with van der Waals surface area (Å²) in [6, 6.07) is 6.57. The van der Waals surface area contributed by atoms with E-state index in [9.17, 15) is 4.79 Å². The normalized spacial score (nSPS) is 23.5. The van der Waals surface area contributed by atoms with E-state index in [-0.39, 0.29) is 5.41 Å². The Morgan fingerprint density at radius 3 is 2.70 bits per heavy atom. The Labute approximate surface area is 139 Å². The van der Waals surface area contributed by atoms with Crippen LogP contribution in [0.1, 0.15) is 69.9 Å². The van der Waals surface area contributed by atoms with Crippen LogP contribution in [0.15, 0.2) is 29.3 Å². The monoisotopic (exact) mass is 312 g/mol. The van der Waals surface area contributed by atoms with E-state index in [2.05, 4.69) is 32.0 Å². The number of unbranched alkanes of at least 4 members (excludes halogenated alkanes) is 1. The van der Waals surface area contributed by atoms with Crippen LogP contribution in [-0.2, 0) is 16.6 Å². The van der Waals surface area contributed by atoms with Gasteiger partial charge in [-0.05, 0) is 60.9 Å². The van der Waals surface area contributed by atoms with Gasteiger partial charge in [0.25, 0.3) is 0 Å². The average molecular weight is 312 g/mol. The van der Waals surface area contributed by atoms with Crippen LogP contribution in [0.25, 0.3) is 0 Å². The number of hydrogen-bond donors (Lipinski definition) is 0. The van der Waals surface area contributed by atoms with Crippen LogP contribution in [0.4, 0.5) is 0 Å². The van der Waals surface area contributed by atoms with Crippen molar-refractivity contribution < 1.29 is 9.53 Å². The van der Waals surface area contributed by atoms with Crippen molar-refractivity contribution in [1.82, 2.24) is 0 Å². The van der Waals surface area contributed by atoms with Gasteiger partial charge in [0.05, 0.1) is 7.11 Å². The van der Waals surface area contributed by atoms with Crippen LogP contribution in [0, 0.1) is 0 Å². The molecule has 1 aromatic carbocycles. The number of fused-ring (bicyclic) bond motifs is 3. The van der Waals surface area contributed by atoms with E-state index in [1.807, 2.05) is 0 Å². The lowest BCUT2D eigenvalue weighted by molar-refractivity contribution is -0.116. The molecule has 0 radical (unpaired) electrons. The van der Waals surface area contributed by atoms with Crippen LogP contribution >= 0.6 is 0 Å². The van der Waals surface area contributed by atoms with Crippen molar-refractivity contribution in [2.75, 3.05) is 7.11 Å². The Kier molecular flexibility index (Phi) is 4.61. The van der Waals surface area contributed by atoms with Gasteiger partial charge in [0.2, 0.25) is 0 Å². The van der Waals surface area contributed by atoms with Gasteiger partial charge in [-0.2, -0.15) is 0 Å². The third-order valence-corrected chi connectivity index (χ3v) is 5.84. The number of methoxy groups -OCH3 is 1. The summed E-state index contributed by atoms with van der Waals surface area (Å²) in [4.78, 5) is 12.4. The lowest BCUT2D eigenvalue weighted by Gasteiger charge is -2.45. The molecule has 23 heavy (non-hydrogen) atoms. The van der Waals surface area contributed by atoms with Crippen LogP contribution < -0.4 is 4.74 Å². The summed E-state index contributed by atoms with van der Waals surface area (Å²) in [6.07, 6.45) is 8.26. The van der Waals surface area contributed by atoms with Gasteiger partial charge >= 0.3 is 0 Å². The molecule has 2 aliphatic rings. The summed E-state index contributed by atoms with van der Waals surface area (Å²) < 4.78 is 5.42. The maximum absolute atomic E-state index is 12.4. The highest BCUT2D eigenvalue weighted by Crippen LogP contribution is 2.52. The largest absolute Gasteiger partial charge is 0.497 e. The molecule has 0 heterocycles. The minimum absolute atomic E-state index is 0.106. The smallest absolute Gasteiger partial charge is 0.158 e. The van der Waals surface area contributed by atoms with Gasteiger partial charge in [-0.1, -0.05) is 38.3 Å². The highest BCUT2D eigenvalue weighted by Gasteiger charge is 2.44. The zero-order valence-electron chi connectivity index (χ0n) is 14.7. The van der Waals surface area contributed by atoms with Gasteiger partial charge in [0, 0.05) is 11.8 Å². The van der Waals surface area contributed by atoms with Gasteiger partial charge < -0.3 is 4.74 Å². The van der Waals surface area contributed by atoms with E-state index in [4.69, 9.17) is 4.74 Å². The van der Waals surface area contributed by atoms with Gasteiger partial charge in [-0.15, -0.1) is 0 Å². The van der Waals surface area contributed by atoms with Gasteiger partial charge in [-0.25, -0.2) is 0 Å². The second-order valence-electron chi connectivity index (χ2n) is 6.94. The van der Waals surface area contributed by atoms with Crippen LogP contribution in [0.5, 0.6) is 5.75 Å². The summed E-state index contributed by atoms with van der Waals surface area (Å²) >= 11 is 0. The number of hydrogen-bond acceptors (Lipinski definition) is 2. The van der Waals surface area contributed by atoms with Crippen molar-refractivity contribution in [3.63, 3.8) is 0 Å². The molecule has 0 N–H and O–H groups in total. The number of ketones is 1. The first-order chi connectivity index (χ1) is 11.2. The summed E-state index contributed by atoms with van der Waals surface area (Å²) in [5.74, 6) is 1.34. The van der Waals surface area contributed by atoms with E-state index in [0.717, 1.165) is 37.0 Å². The Bertz CT molecular complexity index is 641. The molecule has 0 saturated heterocycles. The topological polar surface area (TPSA) is 26.3 Å². The maximum Gasteiger partial charge on any atom is 0.158 e. The number of allylic oxidation sites excluding steroid dienone is 2. The molecule has 0 bridgehead atoms. The zero-order valence-corrected chi connectivity index (χ0v) is 14.7. The van der Waals surface area contributed by atoms with E-state index in [1.54, 1.807) is 7.11 Å². The van der Waals surface area contributed by atoms with Crippen molar-refractivity contribution in [2.45, 2.75) is 70.6 Å². The zero-order chi connectivity index (χ0) is 16.4. The fraction of sp³-hybridized carbons (Fsp3) is 0.571. The molecule has 1 atom stereocenters. The number of Topliss-reactive ketones (excluding diaryl/α,β-unsaturated/α-hetero) is 1. The lowest BCUT2D eigenvalue weighted by atomic mass is 9.58. The molecule has 0 aromatic heterocycles. The maximum atomic E-state index is 12.4. The minimum Gasteiger partial charge on any atom is -0.497 e. The Morgan fingerprint density at radius 2 is 2.00 bits per heavy atom. The van der Waals surface area contributed by atoms with Gasteiger partial charge in [0.15, 0.2) is 5.78 Å². The van der Waals surface area contributed by atoms with Crippen molar-refractivity contribution in [3.8, 4) is 5.75 Å². The summed E-state index contributed by atoms with van der Waals surface area (Å²) in [6.45, 7) is 4.40. The lowest BCUT2D eigenvalue weighted by Crippen LogP contribution is -2.39. The van der Waals surface area contributed by atoms with E-state index >= 15 is 0 Å². The second kappa shape index (κ2) is 6.51. The summed E-state index contributed by atoms with van der Waals surface area (Å²) in [5, 5.41) is 0. The van der Waals surface area contributed by atoms with Crippen LogP contribution in [0.3, 0.4) is 0 Å². The molecule has 1 aromatic rings. The first-order valence-electron chi connectivity index (χ1n) is 9.09. The Balaban J connectivity index is 2.17. The number of carbonyl (C=O) groups is 1. The second-order valence-corrected chi connectivity index (χ2v) is 6.94. The number of ether oxygens (including phenoxy) is 1. The van der Waals surface area contributed by atoms with Crippen LogP contribution in [-0.4, -0.2) is 12.9 Å². The van der Waals surface area contributed by atoms with Crippen molar-refractivity contribution in [1.29, 1.82) is 0 Å². The molecule has 2 heteroatoms. The third-order valence-electron chi connectivity index (χ3n) is 5.84. The number of rotatable bonds is 5. The Morgan fingerprint density at radius 1 is 1.17 bits per heavy atom. The molecule has 0 aliphatic heterocycles. The SMILES string of the molecule is CCCCC12CCC(=O)C(CC)=C1CCc1cc(OC)ccc12. The predicted molar refractivity (Wildman–Crippen MR) is 94.1 cm³/mol. The van der Waals surface area contributed by atoms with Crippen molar-refractivity contribution in [3.05, 3.63) is 40.5 Å². The molecule has 2 aliphatic carbocycles. The van der Waals surface area contributed by atoms with E-state index < -0.39 is 0 Å². The van der Waals surface area contributed by atoms with Crippen molar-refractivity contribution >= 4 is 5.78 Å². The minimum atomic E-state index is 0.106.